The van der Waals surface area contributed by atoms with Crippen LogP contribution in [0.15, 0.2) is 66.6 Å². The summed E-state index contributed by atoms with van der Waals surface area (Å²) >= 11 is 0. The Labute approximate surface area is 186 Å². The maximum absolute atomic E-state index is 11.7. The Balaban J connectivity index is 1.47. The minimum absolute atomic E-state index is 0.159. The van der Waals surface area contributed by atoms with Crippen LogP contribution in [0.5, 0.6) is 0 Å². The van der Waals surface area contributed by atoms with Gasteiger partial charge in [-0.3, -0.25) is 4.79 Å². The number of likely N-dealkylation sites (tertiary alicyclic amines) is 1. The monoisotopic (exact) mass is 418 g/mol. The van der Waals surface area contributed by atoms with Crippen molar-refractivity contribution in [3.63, 3.8) is 0 Å². The van der Waals surface area contributed by atoms with Gasteiger partial charge in [-0.05, 0) is 42.5 Å². The third kappa shape index (κ3) is 4.79. The number of nitrogens with zero attached hydrogens (tertiary/aromatic N) is 2. The van der Waals surface area contributed by atoms with Gasteiger partial charge in [-0.2, -0.15) is 0 Å². The molecule has 4 nitrogen and oxygen atoms in total. The molecule has 1 aliphatic carbocycles. The molecule has 0 saturated carbocycles. The fraction of sp³-hybridized carbons (Fsp3) is 0.444. The van der Waals surface area contributed by atoms with Gasteiger partial charge in [0.1, 0.15) is 11.4 Å². The van der Waals surface area contributed by atoms with Gasteiger partial charge in [-0.1, -0.05) is 49.1 Å². The number of piperidine rings is 1. The van der Waals surface area contributed by atoms with Crippen LogP contribution in [0.1, 0.15) is 57.1 Å². The highest BCUT2D eigenvalue weighted by Gasteiger charge is 2.39. The van der Waals surface area contributed by atoms with Crippen molar-refractivity contribution in [2.45, 2.75) is 58.1 Å². The lowest BCUT2D eigenvalue weighted by atomic mass is 9.87. The van der Waals surface area contributed by atoms with E-state index in [1.807, 2.05) is 11.0 Å². The quantitative estimate of drug-likeness (QED) is 0.653. The minimum atomic E-state index is -0.178. The number of amides is 1. The summed E-state index contributed by atoms with van der Waals surface area (Å²) in [7, 11) is 0. The first-order valence-corrected chi connectivity index (χ1v) is 11.5. The molecule has 0 unspecified atom stereocenters. The van der Waals surface area contributed by atoms with Crippen LogP contribution in [-0.2, 0) is 16.1 Å². The number of ether oxygens (including phenoxy) is 1. The molecule has 3 aliphatic rings. The highest BCUT2D eigenvalue weighted by atomic mass is 16.5. The molecule has 4 heteroatoms. The zero-order chi connectivity index (χ0) is 21.8. The SMILES string of the molecule is C=CC1=C(C)OC2(CCN(C(C)=O)CC2)CCN1Cc1ccc(C2=CCCC=C2)cc1. The number of rotatable bonds is 4. The summed E-state index contributed by atoms with van der Waals surface area (Å²) in [6.07, 6.45) is 13.7. The van der Waals surface area contributed by atoms with Crippen molar-refractivity contribution in [2.75, 3.05) is 19.6 Å². The van der Waals surface area contributed by atoms with Gasteiger partial charge in [0.05, 0.1) is 5.70 Å². The largest absolute Gasteiger partial charge is 0.490 e. The zero-order valence-corrected chi connectivity index (χ0v) is 18.9. The van der Waals surface area contributed by atoms with E-state index < -0.39 is 0 Å². The number of hydrogen-bond donors (Lipinski definition) is 0. The summed E-state index contributed by atoms with van der Waals surface area (Å²) in [5.74, 6) is 1.10. The maximum atomic E-state index is 11.7. The molecule has 0 N–H and O–H groups in total. The highest BCUT2D eigenvalue weighted by molar-refractivity contribution is 5.74. The average Bonchev–Trinajstić information content (AvgIpc) is 2.91. The summed E-state index contributed by atoms with van der Waals surface area (Å²) in [6.45, 7) is 11.1. The van der Waals surface area contributed by atoms with Crippen LogP contribution in [0.2, 0.25) is 0 Å². The van der Waals surface area contributed by atoms with Gasteiger partial charge in [0.2, 0.25) is 5.91 Å². The molecule has 0 aromatic heterocycles. The lowest BCUT2D eigenvalue weighted by Gasteiger charge is -2.41. The Kier molecular flexibility index (Phi) is 6.35. The second-order valence-electron chi connectivity index (χ2n) is 8.94. The van der Waals surface area contributed by atoms with Gasteiger partial charge in [0, 0.05) is 52.4 Å². The van der Waals surface area contributed by atoms with Crippen LogP contribution in [0.3, 0.4) is 0 Å². The summed E-state index contributed by atoms with van der Waals surface area (Å²) in [5, 5.41) is 0. The van der Waals surface area contributed by atoms with Crippen LogP contribution in [-0.4, -0.2) is 40.9 Å². The Bertz CT molecular complexity index is 915. The molecular formula is C27H34N2O2. The van der Waals surface area contributed by atoms with Crippen molar-refractivity contribution < 1.29 is 9.53 Å². The average molecular weight is 419 g/mol. The van der Waals surface area contributed by atoms with Crippen molar-refractivity contribution in [1.82, 2.24) is 9.80 Å². The van der Waals surface area contributed by atoms with E-state index in [2.05, 4.69) is 60.9 Å². The number of benzene rings is 1. The molecule has 4 rings (SSSR count). The highest BCUT2D eigenvalue weighted by Crippen LogP contribution is 2.37. The summed E-state index contributed by atoms with van der Waals surface area (Å²) in [4.78, 5) is 16.1. The van der Waals surface area contributed by atoms with Crippen LogP contribution >= 0.6 is 0 Å². The van der Waals surface area contributed by atoms with Crippen molar-refractivity contribution in [3.8, 4) is 0 Å². The third-order valence-electron chi connectivity index (χ3n) is 6.88. The summed E-state index contributed by atoms with van der Waals surface area (Å²) in [6, 6.07) is 8.94. The van der Waals surface area contributed by atoms with E-state index in [4.69, 9.17) is 4.74 Å². The molecule has 31 heavy (non-hydrogen) atoms. The second kappa shape index (κ2) is 9.17. The predicted octanol–water partition coefficient (Wildman–Crippen LogP) is 5.44. The minimum Gasteiger partial charge on any atom is -0.490 e. The standard InChI is InChI=1S/C27H34N2O2/c1-4-26-21(2)31-27(14-17-28(18-15-27)22(3)30)16-19-29(26)20-23-10-12-25(13-11-23)24-8-6-5-7-9-24/h4,6,8-13H,1,5,7,14-20H2,2-3H3. The van der Waals surface area contributed by atoms with Crippen LogP contribution < -0.4 is 0 Å². The number of hydrogen-bond acceptors (Lipinski definition) is 3. The van der Waals surface area contributed by atoms with Crippen LogP contribution in [0, 0.1) is 0 Å². The Morgan fingerprint density at radius 3 is 2.45 bits per heavy atom. The van der Waals surface area contributed by atoms with Gasteiger partial charge in [0.25, 0.3) is 0 Å². The second-order valence-corrected chi connectivity index (χ2v) is 8.94. The molecule has 2 heterocycles. The van der Waals surface area contributed by atoms with Crippen molar-refractivity contribution >= 4 is 11.5 Å². The summed E-state index contributed by atoms with van der Waals surface area (Å²) < 4.78 is 6.55. The molecule has 2 aliphatic heterocycles. The number of carbonyl (C=O) groups is 1. The van der Waals surface area contributed by atoms with Gasteiger partial charge >= 0.3 is 0 Å². The van der Waals surface area contributed by atoms with Crippen molar-refractivity contribution in [3.05, 3.63) is 77.7 Å². The fourth-order valence-corrected chi connectivity index (χ4v) is 4.98. The van der Waals surface area contributed by atoms with E-state index in [9.17, 15) is 4.79 Å². The summed E-state index contributed by atoms with van der Waals surface area (Å²) in [5.41, 5.74) is 4.79. The lowest BCUT2D eigenvalue weighted by molar-refractivity contribution is -0.134. The topological polar surface area (TPSA) is 32.8 Å². The maximum Gasteiger partial charge on any atom is 0.219 e. The van der Waals surface area contributed by atoms with E-state index in [0.29, 0.717) is 0 Å². The van der Waals surface area contributed by atoms with Gasteiger partial charge in [-0.25, -0.2) is 0 Å². The molecule has 0 radical (unpaired) electrons. The molecule has 1 amide bonds. The van der Waals surface area contributed by atoms with E-state index >= 15 is 0 Å². The van der Waals surface area contributed by atoms with Crippen molar-refractivity contribution in [1.29, 1.82) is 0 Å². The molecule has 1 saturated heterocycles. The lowest BCUT2D eigenvalue weighted by Crippen LogP contribution is -2.47. The van der Waals surface area contributed by atoms with E-state index in [0.717, 1.165) is 69.7 Å². The molecule has 1 spiro atoms. The van der Waals surface area contributed by atoms with Gasteiger partial charge in [0.15, 0.2) is 0 Å². The van der Waals surface area contributed by atoms with Gasteiger partial charge < -0.3 is 14.5 Å². The first kappa shape index (κ1) is 21.5. The first-order chi connectivity index (χ1) is 15.0. The van der Waals surface area contributed by atoms with E-state index in [1.54, 1.807) is 6.92 Å². The zero-order valence-electron chi connectivity index (χ0n) is 18.9. The number of carbonyl (C=O) groups excluding carboxylic acids is 1. The number of allylic oxidation sites excluding steroid dienone is 6. The molecule has 164 valence electrons. The van der Waals surface area contributed by atoms with Crippen LogP contribution in [0.25, 0.3) is 5.57 Å². The fourth-order valence-electron chi connectivity index (χ4n) is 4.98. The van der Waals surface area contributed by atoms with Crippen molar-refractivity contribution in [2.24, 2.45) is 0 Å². The molecule has 1 aromatic carbocycles. The Hall–Kier alpha value is -2.75. The van der Waals surface area contributed by atoms with E-state index in [-0.39, 0.29) is 11.5 Å². The Morgan fingerprint density at radius 1 is 1.13 bits per heavy atom. The predicted molar refractivity (Wildman–Crippen MR) is 126 cm³/mol. The molecule has 1 aromatic rings. The normalized spacial score (nSPS) is 20.9. The third-order valence-corrected chi connectivity index (χ3v) is 6.88. The smallest absolute Gasteiger partial charge is 0.219 e. The first-order valence-electron chi connectivity index (χ1n) is 11.5. The van der Waals surface area contributed by atoms with Gasteiger partial charge in [-0.15, -0.1) is 0 Å². The molecule has 0 bridgehead atoms. The Morgan fingerprint density at radius 2 is 1.84 bits per heavy atom. The molecule has 0 atom stereocenters. The molecule has 1 fully saturated rings. The van der Waals surface area contributed by atoms with Crippen LogP contribution in [0.4, 0.5) is 0 Å². The molecular weight excluding hydrogens is 384 g/mol. The van der Waals surface area contributed by atoms with E-state index in [1.165, 1.54) is 16.7 Å².